The normalized spacial score (nSPS) is 12.3. The maximum atomic E-state index is 11.9. The van der Waals surface area contributed by atoms with Crippen LogP contribution in [0.2, 0.25) is 0 Å². The minimum atomic E-state index is -0.552. The Hall–Kier alpha value is -1.29. The van der Waals surface area contributed by atoms with Gasteiger partial charge in [0.2, 0.25) is 5.91 Å². The van der Waals surface area contributed by atoms with Gasteiger partial charge < -0.3 is 9.88 Å². The molecule has 1 rings (SSSR count). The summed E-state index contributed by atoms with van der Waals surface area (Å²) in [5, 5.41) is 2.19. The average molecular weight is 271 g/mol. The van der Waals surface area contributed by atoms with E-state index in [1.165, 1.54) is 0 Å². The number of hydrogen-bond donors (Lipinski definition) is 1. The van der Waals surface area contributed by atoms with Crippen LogP contribution in [-0.4, -0.2) is 28.2 Å². The Labute approximate surface area is 112 Å². The van der Waals surface area contributed by atoms with Gasteiger partial charge in [-0.25, -0.2) is 0 Å². The first-order valence-electron chi connectivity index (χ1n) is 6.00. The van der Waals surface area contributed by atoms with E-state index in [0.29, 0.717) is 12.1 Å². The molecule has 1 aromatic rings. The molecule has 0 aromatic carbocycles. The number of Topliss-reactive ketones (excluding diaryl/α,β-unsaturated/α-hetero) is 1. The number of likely N-dealkylation sites (N-methyl/N-ethyl adjacent to an activating group) is 1. The molecule has 1 aromatic heterocycles. The molecule has 18 heavy (non-hydrogen) atoms. The Balaban J connectivity index is 3.01. The van der Waals surface area contributed by atoms with Crippen LogP contribution in [-0.2, 0) is 11.3 Å². The molecule has 100 valence electrons. The summed E-state index contributed by atoms with van der Waals surface area (Å²) >= 11 is 5.81. The van der Waals surface area contributed by atoms with E-state index in [9.17, 15) is 9.59 Å². The highest BCUT2D eigenvalue weighted by Gasteiger charge is 2.20. The molecule has 0 fully saturated rings. The molecule has 0 aliphatic heterocycles. The fourth-order valence-corrected chi connectivity index (χ4v) is 2.02. The minimum absolute atomic E-state index is 0.0581. The lowest BCUT2D eigenvalue weighted by molar-refractivity contribution is -0.121. The van der Waals surface area contributed by atoms with E-state index in [2.05, 4.69) is 5.32 Å². The van der Waals surface area contributed by atoms with Crippen molar-refractivity contribution in [2.24, 2.45) is 0 Å². The molecular weight excluding hydrogens is 252 g/mol. The Kier molecular flexibility index (Phi) is 4.96. The Bertz CT molecular complexity index is 464. The molecule has 1 atom stereocenters. The molecule has 0 bridgehead atoms. The summed E-state index contributed by atoms with van der Waals surface area (Å²) in [6, 6.07) is 1.79. The topological polar surface area (TPSA) is 51.1 Å². The van der Waals surface area contributed by atoms with Crippen LogP contribution >= 0.6 is 11.6 Å². The fraction of sp³-hybridized carbons (Fsp3) is 0.538. The van der Waals surface area contributed by atoms with Crippen LogP contribution < -0.4 is 5.32 Å². The number of aryl methyl sites for hydroxylation is 1. The Morgan fingerprint density at radius 2 is 2.06 bits per heavy atom. The van der Waals surface area contributed by atoms with Gasteiger partial charge in [-0.05, 0) is 33.8 Å². The van der Waals surface area contributed by atoms with Crippen molar-refractivity contribution in [1.29, 1.82) is 0 Å². The second-order valence-electron chi connectivity index (χ2n) is 4.30. The number of carbonyl (C=O) groups is 2. The average Bonchev–Trinajstić information content (AvgIpc) is 2.56. The number of ketones is 1. The number of hydrogen-bond acceptors (Lipinski definition) is 2. The summed E-state index contributed by atoms with van der Waals surface area (Å²) in [6.45, 7) is 8.07. The standard InChI is InChI=1S/C13H19ClN2O2/c1-5-15-12(17)7-16-8(2)6-11(10(16)4)13(18)9(3)14/h6,9H,5,7H2,1-4H3,(H,15,17). The smallest absolute Gasteiger partial charge is 0.239 e. The summed E-state index contributed by atoms with van der Waals surface area (Å²) in [5.41, 5.74) is 2.27. The molecule has 0 saturated heterocycles. The SMILES string of the molecule is CCNC(=O)Cn1c(C)cc(C(=O)C(C)Cl)c1C. The maximum absolute atomic E-state index is 11.9. The molecule has 0 radical (unpaired) electrons. The number of alkyl halides is 1. The number of aromatic nitrogens is 1. The van der Waals surface area contributed by atoms with Crippen molar-refractivity contribution in [3.8, 4) is 0 Å². The first-order valence-corrected chi connectivity index (χ1v) is 6.43. The molecule has 1 heterocycles. The predicted molar refractivity (Wildman–Crippen MR) is 72.2 cm³/mol. The third-order valence-corrected chi connectivity index (χ3v) is 3.07. The third kappa shape index (κ3) is 3.13. The van der Waals surface area contributed by atoms with Crippen LogP contribution in [0, 0.1) is 13.8 Å². The molecule has 0 aliphatic carbocycles. The molecule has 1 N–H and O–H groups in total. The highest BCUT2D eigenvalue weighted by Crippen LogP contribution is 2.18. The molecule has 4 nitrogen and oxygen atoms in total. The van der Waals surface area contributed by atoms with Gasteiger partial charge in [0.05, 0.1) is 5.38 Å². The molecule has 5 heteroatoms. The zero-order valence-corrected chi connectivity index (χ0v) is 12.0. The summed E-state index contributed by atoms with van der Waals surface area (Å²) in [4.78, 5) is 23.5. The lowest BCUT2D eigenvalue weighted by atomic mass is 10.1. The summed E-state index contributed by atoms with van der Waals surface area (Å²) in [6.07, 6.45) is 0. The van der Waals surface area contributed by atoms with Crippen LogP contribution in [0.15, 0.2) is 6.07 Å². The molecule has 0 spiro atoms. The fourth-order valence-electron chi connectivity index (χ4n) is 1.90. The number of nitrogens with one attached hydrogen (secondary N) is 1. The summed E-state index contributed by atoms with van der Waals surface area (Å²) < 4.78 is 1.83. The molecule has 1 amide bonds. The van der Waals surface area contributed by atoms with Gasteiger partial charge in [0.15, 0.2) is 5.78 Å². The van der Waals surface area contributed by atoms with Crippen LogP contribution in [0.25, 0.3) is 0 Å². The Morgan fingerprint density at radius 3 is 2.56 bits per heavy atom. The number of nitrogens with zero attached hydrogens (tertiary/aromatic N) is 1. The maximum Gasteiger partial charge on any atom is 0.239 e. The van der Waals surface area contributed by atoms with Crippen LogP contribution in [0.5, 0.6) is 0 Å². The van der Waals surface area contributed by atoms with Gasteiger partial charge in [-0.1, -0.05) is 0 Å². The zero-order chi connectivity index (χ0) is 13.9. The van der Waals surface area contributed by atoms with Crippen molar-refractivity contribution in [3.05, 3.63) is 23.0 Å². The summed E-state index contributed by atoms with van der Waals surface area (Å²) in [7, 11) is 0. The number of halogens is 1. The highest BCUT2D eigenvalue weighted by atomic mass is 35.5. The van der Waals surface area contributed by atoms with Gasteiger partial charge in [-0.15, -0.1) is 11.6 Å². The van der Waals surface area contributed by atoms with Crippen molar-refractivity contribution in [2.75, 3.05) is 6.54 Å². The quantitative estimate of drug-likeness (QED) is 0.658. The number of carbonyl (C=O) groups excluding carboxylic acids is 2. The van der Waals surface area contributed by atoms with E-state index in [-0.39, 0.29) is 18.2 Å². The van der Waals surface area contributed by atoms with Gasteiger partial charge >= 0.3 is 0 Å². The van der Waals surface area contributed by atoms with Gasteiger partial charge in [0.1, 0.15) is 6.54 Å². The van der Waals surface area contributed by atoms with E-state index >= 15 is 0 Å². The first-order chi connectivity index (χ1) is 8.38. The van der Waals surface area contributed by atoms with E-state index in [1.54, 1.807) is 13.0 Å². The van der Waals surface area contributed by atoms with Gasteiger partial charge in [0.25, 0.3) is 0 Å². The van der Waals surface area contributed by atoms with Crippen molar-refractivity contribution < 1.29 is 9.59 Å². The van der Waals surface area contributed by atoms with Crippen LogP contribution in [0.3, 0.4) is 0 Å². The van der Waals surface area contributed by atoms with Gasteiger partial charge in [-0.2, -0.15) is 0 Å². The zero-order valence-electron chi connectivity index (χ0n) is 11.2. The second-order valence-corrected chi connectivity index (χ2v) is 4.96. The van der Waals surface area contributed by atoms with Gasteiger partial charge in [0, 0.05) is 23.5 Å². The lowest BCUT2D eigenvalue weighted by Gasteiger charge is -2.09. The third-order valence-electron chi connectivity index (χ3n) is 2.88. The van der Waals surface area contributed by atoms with E-state index in [4.69, 9.17) is 11.6 Å². The lowest BCUT2D eigenvalue weighted by Crippen LogP contribution is -2.28. The Morgan fingerprint density at radius 1 is 1.44 bits per heavy atom. The first kappa shape index (κ1) is 14.8. The molecular formula is C13H19ClN2O2. The second kappa shape index (κ2) is 6.05. The minimum Gasteiger partial charge on any atom is -0.355 e. The number of amides is 1. The van der Waals surface area contributed by atoms with Crippen molar-refractivity contribution in [2.45, 2.75) is 39.6 Å². The van der Waals surface area contributed by atoms with Crippen molar-refractivity contribution in [3.63, 3.8) is 0 Å². The number of rotatable bonds is 5. The molecule has 0 aliphatic rings. The molecule has 0 saturated carbocycles. The van der Waals surface area contributed by atoms with E-state index in [0.717, 1.165) is 11.4 Å². The van der Waals surface area contributed by atoms with E-state index < -0.39 is 5.38 Å². The van der Waals surface area contributed by atoms with E-state index in [1.807, 2.05) is 25.3 Å². The molecule has 1 unspecified atom stereocenters. The highest BCUT2D eigenvalue weighted by molar-refractivity contribution is 6.33. The van der Waals surface area contributed by atoms with Crippen molar-refractivity contribution >= 4 is 23.3 Å². The summed E-state index contributed by atoms with van der Waals surface area (Å²) in [5.74, 6) is -0.163. The predicted octanol–water partition coefficient (Wildman–Crippen LogP) is 2.05. The van der Waals surface area contributed by atoms with Crippen LogP contribution in [0.1, 0.15) is 35.6 Å². The van der Waals surface area contributed by atoms with Crippen molar-refractivity contribution in [1.82, 2.24) is 9.88 Å². The monoisotopic (exact) mass is 270 g/mol. The van der Waals surface area contributed by atoms with Crippen LogP contribution in [0.4, 0.5) is 0 Å². The van der Waals surface area contributed by atoms with Gasteiger partial charge in [-0.3, -0.25) is 9.59 Å². The largest absolute Gasteiger partial charge is 0.355 e.